The highest BCUT2D eigenvalue weighted by Gasteiger charge is 2.42. The predicted octanol–water partition coefficient (Wildman–Crippen LogP) is 2.12. The molecule has 21 heavy (non-hydrogen) atoms. The minimum Gasteiger partial charge on any atom is -0.299 e. The molecule has 0 aromatic heterocycles. The van der Waals surface area contributed by atoms with Crippen LogP contribution in [0.2, 0.25) is 0 Å². The van der Waals surface area contributed by atoms with Gasteiger partial charge < -0.3 is 0 Å². The molecule has 4 nitrogen and oxygen atoms in total. The highest BCUT2D eigenvalue weighted by atomic mass is 32.2. The van der Waals surface area contributed by atoms with E-state index in [0.717, 1.165) is 25.9 Å². The third kappa shape index (κ3) is 3.84. The normalized spacial score (nSPS) is 29.7. The molecule has 0 amide bonds. The predicted molar refractivity (Wildman–Crippen MR) is 82.2 cm³/mol. The Morgan fingerprint density at radius 1 is 1.14 bits per heavy atom. The molecule has 1 aromatic rings. The van der Waals surface area contributed by atoms with Gasteiger partial charge in [-0.25, -0.2) is 0 Å². The van der Waals surface area contributed by atoms with Crippen molar-refractivity contribution in [3.63, 3.8) is 0 Å². The van der Waals surface area contributed by atoms with Crippen molar-refractivity contribution in [3.05, 3.63) is 35.9 Å². The van der Waals surface area contributed by atoms with E-state index in [4.69, 9.17) is 4.18 Å². The van der Waals surface area contributed by atoms with E-state index < -0.39 is 10.1 Å². The van der Waals surface area contributed by atoms with Crippen molar-refractivity contribution >= 4 is 10.1 Å². The Labute approximate surface area is 127 Å². The van der Waals surface area contributed by atoms with Crippen LogP contribution in [0.5, 0.6) is 0 Å². The van der Waals surface area contributed by atoms with E-state index in [1.54, 1.807) is 0 Å². The van der Waals surface area contributed by atoms with E-state index in [1.165, 1.54) is 18.4 Å². The monoisotopic (exact) mass is 309 g/mol. The first-order valence-corrected chi connectivity index (χ1v) is 9.43. The summed E-state index contributed by atoms with van der Waals surface area (Å²) in [5.41, 5.74) is 1.35. The van der Waals surface area contributed by atoms with Gasteiger partial charge in [-0.3, -0.25) is 9.08 Å². The first kappa shape index (κ1) is 15.0. The van der Waals surface area contributed by atoms with Gasteiger partial charge in [0.25, 0.3) is 10.1 Å². The van der Waals surface area contributed by atoms with Crippen LogP contribution in [0, 0.1) is 17.8 Å². The van der Waals surface area contributed by atoms with Gasteiger partial charge in [-0.15, -0.1) is 0 Å². The molecule has 3 rings (SSSR count). The average molecular weight is 309 g/mol. The summed E-state index contributed by atoms with van der Waals surface area (Å²) in [6, 6.07) is 10.5. The van der Waals surface area contributed by atoms with Gasteiger partial charge in [-0.1, -0.05) is 30.3 Å². The molecule has 116 valence electrons. The number of nitrogens with zero attached hydrogens (tertiary/aromatic N) is 1. The van der Waals surface area contributed by atoms with E-state index in [2.05, 4.69) is 29.2 Å². The maximum atomic E-state index is 11.2. The molecule has 1 saturated carbocycles. The molecule has 0 spiro atoms. The average Bonchev–Trinajstić information content (AvgIpc) is 2.67. The largest absolute Gasteiger partial charge is 0.299 e. The number of hydrogen-bond donors (Lipinski definition) is 0. The van der Waals surface area contributed by atoms with Crippen LogP contribution in [-0.4, -0.2) is 39.3 Å². The Hall–Kier alpha value is -0.910. The number of benzene rings is 1. The molecule has 2 fully saturated rings. The van der Waals surface area contributed by atoms with Crippen LogP contribution in [0.4, 0.5) is 0 Å². The molecule has 1 heterocycles. The fourth-order valence-corrected chi connectivity index (χ4v) is 4.28. The van der Waals surface area contributed by atoms with Gasteiger partial charge in [-0.05, 0) is 36.2 Å². The Kier molecular flexibility index (Phi) is 4.33. The maximum absolute atomic E-state index is 11.2. The van der Waals surface area contributed by atoms with Crippen LogP contribution >= 0.6 is 0 Å². The molecule has 1 aromatic carbocycles. The summed E-state index contributed by atoms with van der Waals surface area (Å²) in [4.78, 5) is 2.51. The highest BCUT2D eigenvalue weighted by Crippen LogP contribution is 2.42. The zero-order valence-electron chi connectivity index (χ0n) is 12.4. The van der Waals surface area contributed by atoms with Gasteiger partial charge in [0.1, 0.15) is 0 Å². The van der Waals surface area contributed by atoms with Crippen LogP contribution < -0.4 is 0 Å². The summed E-state index contributed by atoms with van der Waals surface area (Å²) in [6.45, 7) is 3.48. The first-order valence-electron chi connectivity index (χ1n) is 7.62. The van der Waals surface area contributed by atoms with Crippen molar-refractivity contribution in [1.82, 2.24) is 4.90 Å². The lowest BCUT2D eigenvalue weighted by Crippen LogP contribution is -2.43. The third-order valence-electron chi connectivity index (χ3n) is 4.83. The molecule has 2 bridgehead atoms. The van der Waals surface area contributed by atoms with Gasteiger partial charge in [0.15, 0.2) is 0 Å². The maximum Gasteiger partial charge on any atom is 0.264 e. The van der Waals surface area contributed by atoms with E-state index in [1.807, 2.05) is 6.07 Å². The quantitative estimate of drug-likeness (QED) is 0.782. The smallest absolute Gasteiger partial charge is 0.264 e. The second-order valence-electron chi connectivity index (χ2n) is 6.43. The lowest BCUT2D eigenvalue weighted by molar-refractivity contribution is 0.0722. The second kappa shape index (κ2) is 6.07. The highest BCUT2D eigenvalue weighted by molar-refractivity contribution is 7.85. The van der Waals surface area contributed by atoms with E-state index >= 15 is 0 Å². The molecular formula is C16H23NO3S. The van der Waals surface area contributed by atoms with Gasteiger partial charge in [0, 0.05) is 19.6 Å². The molecule has 2 atom stereocenters. The summed E-state index contributed by atoms with van der Waals surface area (Å²) >= 11 is 0. The number of fused-ring (bicyclic) bond motifs is 2. The summed E-state index contributed by atoms with van der Waals surface area (Å²) in [7, 11) is -3.32. The van der Waals surface area contributed by atoms with E-state index in [9.17, 15) is 8.42 Å². The number of hydrogen-bond acceptors (Lipinski definition) is 4. The van der Waals surface area contributed by atoms with Crippen LogP contribution in [0.25, 0.3) is 0 Å². The van der Waals surface area contributed by atoms with Crippen molar-refractivity contribution in [2.75, 3.05) is 26.0 Å². The Balaban J connectivity index is 1.59. The Bertz CT molecular complexity index is 558. The summed E-state index contributed by atoms with van der Waals surface area (Å²) in [5.74, 6) is 1.56. The van der Waals surface area contributed by atoms with Crippen LogP contribution in [0.15, 0.2) is 30.3 Å². The molecule has 2 unspecified atom stereocenters. The van der Waals surface area contributed by atoms with Gasteiger partial charge in [0.05, 0.1) is 12.9 Å². The molecular weight excluding hydrogens is 286 g/mol. The topological polar surface area (TPSA) is 46.6 Å². The lowest BCUT2D eigenvalue weighted by atomic mass is 9.85. The summed E-state index contributed by atoms with van der Waals surface area (Å²) < 4.78 is 27.4. The van der Waals surface area contributed by atoms with Crippen LogP contribution in [0.3, 0.4) is 0 Å². The third-order valence-corrected chi connectivity index (χ3v) is 5.39. The van der Waals surface area contributed by atoms with Crippen molar-refractivity contribution < 1.29 is 12.6 Å². The summed E-state index contributed by atoms with van der Waals surface area (Å²) in [6.07, 6.45) is 3.54. The minimum absolute atomic E-state index is 0.368. The van der Waals surface area contributed by atoms with Crippen molar-refractivity contribution in [2.45, 2.75) is 19.4 Å². The SMILES string of the molecule is CS(=O)(=O)OCC1C2CCC1CN(Cc1ccccc1)C2. The number of rotatable bonds is 5. The molecule has 0 radical (unpaired) electrons. The standard InChI is InChI=1S/C16H23NO3S/c1-21(18,19)20-12-16-14-7-8-15(16)11-17(10-14)9-13-5-3-2-4-6-13/h2-6,14-16H,7-12H2,1H3. The zero-order chi connectivity index (χ0) is 14.9. The van der Waals surface area contributed by atoms with Gasteiger partial charge in [0.2, 0.25) is 0 Å². The Morgan fingerprint density at radius 3 is 2.33 bits per heavy atom. The summed E-state index contributed by atoms with van der Waals surface area (Å²) in [5, 5.41) is 0. The molecule has 5 heteroatoms. The first-order chi connectivity index (χ1) is 10.0. The molecule has 2 aliphatic rings. The van der Waals surface area contributed by atoms with E-state index in [-0.39, 0.29) is 0 Å². The van der Waals surface area contributed by atoms with Crippen LogP contribution in [0.1, 0.15) is 18.4 Å². The number of likely N-dealkylation sites (tertiary alicyclic amines) is 1. The molecule has 1 aliphatic carbocycles. The second-order valence-corrected chi connectivity index (χ2v) is 8.07. The number of piperidine rings is 1. The molecule has 1 aliphatic heterocycles. The minimum atomic E-state index is -3.32. The molecule has 1 saturated heterocycles. The van der Waals surface area contributed by atoms with E-state index in [0.29, 0.717) is 24.4 Å². The van der Waals surface area contributed by atoms with Crippen molar-refractivity contribution in [3.8, 4) is 0 Å². The van der Waals surface area contributed by atoms with Crippen LogP contribution in [-0.2, 0) is 20.8 Å². The van der Waals surface area contributed by atoms with Gasteiger partial charge in [-0.2, -0.15) is 8.42 Å². The fourth-order valence-electron chi connectivity index (χ4n) is 3.88. The Morgan fingerprint density at radius 2 is 1.76 bits per heavy atom. The molecule has 0 N–H and O–H groups in total. The van der Waals surface area contributed by atoms with Crippen molar-refractivity contribution in [1.29, 1.82) is 0 Å². The van der Waals surface area contributed by atoms with Crippen molar-refractivity contribution in [2.24, 2.45) is 17.8 Å². The fraction of sp³-hybridized carbons (Fsp3) is 0.625. The van der Waals surface area contributed by atoms with Gasteiger partial charge >= 0.3 is 0 Å². The lowest BCUT2D eigenvalue weighted by Gasteiger charge is -2.37. The zero-order valence-corrected chi connectivity index (χ0v) is 13.3.